The van der Waals surface area contributed by atoms with Crippen molar-refractivity contribution in [3.63, 3.8) is 0 Å². The first kappa shape index (κ1) is 36.2. The fourth-order valence-corrected chi connectivity index (χ4v) is 7.62. The summed E-state index contributed by atoms with van der Waals surface area (Å²) in [5.41, 5.74) is 1.64. The van der Waals surface area contributed by atoms with Crippen LogP contribution in [0.4, 0.5) is 0 Å². The third-order valence-corrected chi connectivity index (χ3v) is 10.5. The minimum atomic E-state index is -1.53. The van der Waals surface area contributed by atoms with Crippen molar-refractivity contribution < 1.29 is 24.2 Å². The normalized spacial score (nSPS) is 11.3. The van der Waals surface area contributed by atoms with Gasteiger partial charge in [0.05, 0.1) is 6.42 Å². The standard InChI is InChI=1S/C18H18O5.2C8H17.Sn/c19-16(18(21)23-13-15-9-5-2-6-10-15)11-17(20)22-12-14-7-3-1-4-8-14;2*1-3-5-7-8-6-4-2;/h1-10,16,19H,11-13H2;2*1,3-8H2,2H3;. The Bertz CT molecular complexity index is 845. The van der Waals surface area contributed by atoms with Gasteiger partial charge in [0.25, 0.3) is 0 Å². The van der Waals surface area contributed by atoms with Gasteiger partial charge in [-0.3, -0.25) is 4.79 Å². The topological polar surface area (TPSA) is 72.8 Å². The zero-order chi connectivity index (χ0) is 29.1. The van der Waals surface area contributed by atoms with Crippen LogP contribution < -0.4 is 0 Å². The molecule has 1 unspecified atom stereocenters. The molecule has 2 aromatic rings. The molecule has 0 aliphatic heterocycles. The number of aliphatic hydroxyl groups is 1. The van der Waals surface area contributed by atoms with Crippen molar-refractivity contribution in [1.29, 1.82) is 0 Å². The Morgan fingerprint density at radius 1 is 0.650 bits per heavy atom. The van der Waals surface area contributed by atoms with Crippen LogP contribution in [0.25, 0.3) is 0 Å². The Kier molecular flexibility index (Phi) is 23.6. The Hall–Kier alpha value is -1.86. The number of rotatable bonds is 21. The van der Waals surface area contributed by atoms with E-state index in [2.05, 4.69) is 13.8 Å². The summed E-state index contributed by atoms with van der Waals surface area (Å²) in [7, 11) is 0. The number of benzene rings is 2. The fraction of sp³-hybridized carbons (Fsp3) is 0.588. The minimum absolute atomic E-state index is 0.0514. The summed E-state index contributed by atoms with van der Waals surface area (Å²) in [6.45, 7) is 4.76. The van der Waals surface area contributed by atoms with Gasteiger partial charge < -0.3 is 14.6 Å². The van der Waals surface area contributed by atoms with Crippen LogP contribution in [0.3, 0.4) is 0 Å². The van der Waals surface area contributed by atoms with Gasteiger partial charge in [-0.25, -0.2) is 4.79 Å². The molecule has 0 aromatic heterocycles. The molecule has 222 valence electrons. The van der Waals surface area contributed by atoms with Gasteiger partial charge in [-0.15, -0.1) is 0 Å². The molecule has 0 saturated heterocycles. The molecular weight excluding hydrogens is 607 g/mol. The van der Waals surface area contributed by atoms with Crippen LogP contribution in [0.15, 0.2) is 60.7 Å². The van der Waals surface area contributed by atoms with E-state index in [1.165, 1.54) is 64.2 Å². The van der Waals surface area contributed by atoms with E-state index in [-0.39, 0.29) is 34.4 Å². The van der Waals surface area contributed by atoms with E-state index in [0.29, 0.717) is 0 Å². The summed E-state index contributed by atoms with van der Waals surface area (Å²) in [5, 5.41) is 9.69. The van der Waals surface area contributed by atoms with E-state index in [1.54, 1.807) is 33.8 Å². The van der Waals surface area contributed by atoms with E-state index in [9.17, 15) is 14.7 Å². The third kappa shape index (κ3) is 21.0. The number of aliphatic hydroxyl groups excluding tert-OH is 1. The fourth-order valence-electron chi connectivity index (χ4n) is 4.05. The summed E-state index contributed by atoms with van der Waals surface area (Å²) in [5.74, 6) is -1.50. The van der Waals surface area contributed by atoms with Gasteiger partial charge in [-0.2, -0.15) is 0 Å². The monoisotopic (exact) mass is 660 g/mol. The summed E-state index contributed by atoms with van der Waals surface area (Å²) in [6, 6.07) is 18.2. The van der Waals surface area contributed by atoms with Gasteiger partial charge in [0.2, 0.25) is 0 Å². The molecule has 0 amide bonds. The van der Waals surface area contributed by atoms with Crippen LogP contribution in [-0.4, -0.2) is 44.3 Å². The molecular formula is C34H52O5Sn. The Morgan fingerprint density at radius 2 is 1.07 bits per heavy atom. The first-order valence-corrected chi connectivity index (χ1v) is 19.4. The molecule has 5 nitrogen and oxygen atoms in total. The number of hydrogen-bond donors (Lipinski definition) is 1. The largest absolute Gasteiger partial charge is 0.461 e. The molecule has 1 atom stereocenters. The third-order valence-electron chi connectivity index (χ3n) is 6.51. The van der Waals surface area contributed by atoms with Gasteiger partial charge in [0.1, 0.15) is 13.2 Å². The zero-order valence-corrected chi connectivity index (χ0v) is 27.8. The predicted octanol–water partition coefficient (Wildman–Crippen LogP) is 8.47. The maximum Gasteiger partial charge on any atom is 0.335 e. The number of unbranched alkanes of at least 4 members (excludes halogenated alkanes) is 10. The number of carbonyl (C=O) groups excluding carboxylic acids is 2. The van der Waals surface area contributed by atoms with E-state index in [1.807, 2.05) is 48.5 Å². The SMILES string of the molecule is CCCCCCC[CH2][Sn][CH2]CCCCCCC.O=C(CC(O)C(=O)OCc1ccccc1)OCc1ccccc1. The molecule has 0 saturated carbocycles. The Labute approximate surface area is 253 Å². The van der Waals surface area contributed by atoms with Crippen molar-refractivity contribution in [3.8, 4) is 0 Å². The van der Waals surface area contributed by atoms with Gasteiger partial charge >= 0.3 is 133 Å². The average molecular weight is 659 g/mol. The molecule has 2 radical (unpaired) electrons. The summed E-state index contributed by atoms with van der Waals surface area (Å²) >= 11 is 0.0736. The smallest absolute Gasteiger partial charge is 0.335 e. The van der Waals surface area contributed by atoms with Crippen molar-refractivity contribution >= 4 is 33.1 Å². The van der Waals surface area contributed by atoms with Crippen LogP contribution in [0.5, 0.6) is 0 Å². The molecule has 1 N–H and O–H groups in total. The zero-order valence-electron chi connectivity index (χ0n) is 25.0. The van der Waals surface area contributed by atoms with Crippen molar-refractivity contribution in [3.05, 3.63) is 71.8 Å². The molecule has 2 rings (SSSR count). The molecule has 40 heavy (non-hydrogen) atoms. The van der Waals surface area contributed by atoms with Crippen LogP contribution >= 0.6 is 0 Å². The van der Waals surface area contributed by atoms with Crippen LogP contribution in [0.2, 0.25) is 8.87 Å². The van der Waals surface area contributed by atoms with Crippen LogP contribution in [0, 0.1) is 0 Å². The quantitative estimate of drug-likeness (QED) is 0.0827. The van der Waals surface area contributed by atoms with Crippen molar-refractivity contribution in [2.45, 2.75) is 126 Å². The number of carbonyl (C=O) groups is 2. The van der Waals surface area contributed by atoms with Crippen LogP contribution in [0.1, 0.15) is 108 Å². The minimum Gasteiger partial charge on any atom is -0.461 e. The van der Waals surface area contributed by atoms with Crippen molar-refractivity contribution in [2.24, 2.45) is 0 Å². The number of hydrogen-bond acceptors (Lipinski definition) is 5. The van der Waals surface area contributed by atoms with Crippen LogP contribution in [-0.2, 0) is 32.3 Å². The predicted molar refractivity (Wildman–Crippen MR) is 165 cm³/mol. The van der Waals surface area contributed by atoms with E-state index in [4.69, 9.17) is 9.47 Å². The molecule has 2 aromatic carbocycles. The Balaban J connectivity index is 0.000000421. The average Bonchev–Trinajstić information content (AvgIpc) is 2.98. The van der Waals surface area contributed by atoms with Gasteiger partial charge in [-0.1, -0.05) is 60.7 Å². The van der Waals surface area contributed by atoms with Crippen molar-refractivity contribution in [1.82, 2.24) is 0 Å². The maximum absolute atomic E-state index is 11.6. The second-order valence-corrected chi connectivity index (χ2v) is 14.5. The number of esters is 2. The van der Waals surface area contributed by atoms with Crippen molar-refractivity contribution in [2.75, 3.05) is 0 Å². The molecule has 0 fully saturated rings. The second kappa shape index (κ2) is 26.1. The molecule has 0 aliphatic rings. The van der Waals surface area contributed by atoms with Gasteiger partial charge in [0, 0.05) is 0 Å². The van der Waals surface area contributed by atoms with Gasteiger partial charge in [-0.05, 0) is 11.1 Å². The van der Waals surface area contributed by atoms with Gasteiger partial charge in [0.15, 0.2) is 6.10 Å². The summed E-state index contributed by atoms with van der Waals surface area (Å²) in [4.78, 5) is 23.3. The maximum atomic E-state index is 11.6. The summed E-state index contributed by atoms with van der Waals surface area (Å²) in [6.07, 6.45) is 15.9. The Morgan fingerprint density at radius 3 is 1.55 bits per heavy atom. The first-order valence-electron chi connectivity index (χ1n) is 15.4. The van der Waals surface area contributed by atoms with E-state index < -0.39 is 24.5 Å². The second-order valence-electron chi connectivity index (χ2n) is 10.2. The molecule has 0 heterocycles. The molecule has 0 bridgehead atoms. The first-order chi connectivity index (χ1) is 19.6. The molecule has 0 spiro atoms. The number of ether oxygens (including phenoxy) is 2. The molecule has 0 aliphatic carbocycles. The summed E-state index contributed by atoms with van der Waals surface area (Å²) < 4.78 is 13.3. The van der Waals surface area contributed by atoms with E-state index >= 15 is 0 Å². The van der Waals surface area contributed by atoms with E-state index in [0.717, 1.165) is 11.1 Å². The molecule has 6 heteroatoms.